The van der Waals surface area contributed by atoms with Crippen molar-refractivity contribution in [3.8, 4) is 0 Å². The van der Waals surface area contributed by atoms with Gasteiger partial charge in [-0.1, -0.05) is 12.8 Å². The van der Waals surface area contributed by atoms with Gasteiger partial charge in [-0.25, -0.2) is 4.79 Å². The highest BCUT2D eigenvalue weighted by molar-refractivity contribution is 6.01. The molecule has 0 radical (unpaired) electrons. The summed E-state index contributed by atoms with van der Waals surface area (Å²) in [5, 5.41) is 13.3. The molecule has 3 fully saturated rings. The van der Waals surface area contributed by atoms with E-state index in [2.05, 4.69) is 10.2 Å². The Hall–Kier alpha value is -1.14. The molecule has 2 aliphatic heterocycles. The second kappa shape index (κ2) is 6.16. The number of carbonyl (C=O) groups excluding carboxylic acids is 2. The molecular weight excluding hydrogens is 282 g/mol. The number of hydrogen-bond donors (Lipinski definition) is 2. The van der Waals surface area contributed by atoms with E-state index in [0.29, 0.717) is 18.5 Å². The molecule has 3 amide bonds. The lowest BCUT2D eigenvalue weighted by molar-refractivity contribution is -0.125. The predicted octanol–water partition coefficient (Wildman–Crippen LogP) is 0.944. The Bertz CT molecular complexity index is 436. The average Bonchev–Trinajstić information content (AvgIpc) is 3.04. The van der Waals surface area contributed by atoms with Crippen molar-refractivity contribution >= 4 is 11.9 Å². The van der Waals surface area contributed by atoms with Crippen molar-refractivity contribution < 1.29 is 14.7 Å². The Morgan fingerprint density at radius 3 is 2.73 bits per heavy atom. The molecule has 3 rings (SSSR count). The highest BCUT2D eigenvalue weighted by Gasteiger charge is 2.43. The van der Waals surface area contributed by atoms with Crippen LogP contribution < -0.4 is 5.32 Å². The van der Waals surface area contributed by atoms with Crippen LogP contribution in [0.4, 0.5) is 4.79 Å². The van der Waals surface area contributed by atoms with Crippen LogP contribution in [0.5, 0.6) is 0 Å². The van der Waals surface area contributed by atoms with Gasteiger partial charge >= 0.3 is 6.03 Å². The first-order valence-electron chi connectivity index (χ1n) is 8.54. The zero-order valence-corrected chi connectivity index (χ0v) is 13.4. The Kier molecular flexibility index (Phi) is 4.41. The summed E-state index contributed by atoms with van der Waals surface area (Å²) in [6, 6.07) is 0.112. The Morgan fingerprint density at radius 1 is 1.23 bits per heavy atom. The molecule has 0 bridgehead atoms. The van der Waals surface area contributed by atoms with Gasteiger partial charge in [0.1, 0.15) is 0 Å². The average molecular weight is 309 g/mol. The van der Waals surface area contributed by atoms with E-state index in [1.54, 1.807) is 0 Å². The quantitative estimate of drug-likeness (QED) is 0.758. The number of aliphatic hydroxyl groups is 1. The Balaban J connectivity index is 1.61. The van der Waals surface area contributed by atoms with Gasteiger partial charge < -0.3 is 10.4 Å². The van der Waals surface area contributed by atoms with Crippen LogP contribution in [0, 0.1) is 5.92 Å². The van der Waals surface area contributed by atoms with Crippen molar-refractivity contribution in [2.24, 2.45) is 5.92 Å². The van der Waals surface area contributed by atoms with E-state index >= 15 is 0 Å². The molecule has 124 valence electrons. The molecule has 2 heterocycles. The molecule has 3 atom stereocenters. The molecule has 2 N–H and O–H groups in total. The van der Waals surface area contributed by atoms with Crippen LogP contribution >= 0.6 is 0 Å². The van der Waals surface area contributed by atoms with E-state index < -0.39 is 5.60 Å². The number of imide groups is 1. The number of hydrogen-bond acceptors (Lipinski definition) is 4. The van der Waals surface area contributed by atoms with Gasteiger partial charge in [0.15, 0.2) is 0 Å². The minimum absolute atomic E-state index is 0.125. The van der Waals surface area contributed by atoms with Crippen LogP contribution in [0.2, 0.25) is 0 Å². The molecular formula is C16H27N3O3. The second-order valence-electron chi connectivity index (χ2n) is 7.16. The van der Waals surface area contributed by atoms with Gasteiger partial charge in [-0.05, 0) is 39.2 Å². The molecule has 1 aliphatic carbocycles. The SMILES string of the molecule is C[C@]1(O)CCCC[C@H]1[C@@H]1CCCN1CCN1C(=O)CNC1=O. The first kappa shape index (κ1) is 15.7. The minimum atomic E-state index is -0.577. The van der Waals surface area contributed by atoms with Crippen molar-refractivity contribution in [2.45, 2.75) is 57.1 Å². The molecule has 1 saturated carbocycles. The van der Waals surface area contributed by atoms with Crippen molar-refractivity contribution in [1.82, 2.24) is 15.1 Å². The summed E-state index contributed by atoms with van der Waals surface area (Å²) >= 11 is 0. The maximum Gasteiger partial charge on any atom is 0.324 e. The number of nitrogens with one attached hydrogen (secondary N) is 1. The fourth-order valence-corrected chi connectivity index (χ4v) is 4.45. The van der Waals surface area contributed by atoms with Gasteiger partial charge in [0, 0.05) is 25.0 Å². The molecule has 0 spiro atoms. The van der Waals surface area contributed by atoms with Crippen LogP contribution in [0.25, 0.3) is 0 Å². The van der Waals surface area contributed by atoms with E-state index in [0.717, 1.165) is 45.2 Å². The normalized spacial score (nSPS) is 36.9. The zero-order chi connectivity index (χ0) is 15.7. The van der Waals surface area contributed by atoms with Gasteiger partial charge in [-0.2, -0.15) is 0 Å². The largest absolute Gasteiger partial charge is 0.390 e. The van der Waals surface area contributed by atoms with Gasteiger partial charge in [-0.15, -0.1) is 0 Å². The highest BCUT2D eigenvalue weighted by atomic mass is 16.3. The number of carbonyl (C=O) groups is 2. The first-order valence-corrected chi connectivity index (χ1v) is 8.54. The molecule has 3 aliphatic rings. The predicted molar refractivity (Wildman–Crippen MR) is 82.3 cm³/mol. The first-order chi connectivity index (χ1) is 10.5. The zero-order valence-electron chi connectivity index (χ0n) is 13.4. The fraction of sp³-hybridized carbons (Fsp3) is 0.875. The molecule has 22 heavy (non-hydrogen) atoms. The fourth-order valence-electron chi connectivity index (χ4n) is 4.45. The lowest BCUT2D eigenvalue weighted by Crippen LogP contribution is -2.50. The van der Waals surface area contributed by atoms with Crippen LogP contribution in [0.3, 0.4) is 0 Å². The number of likely N-dealkylation sites (tertiary alicyclic amines) is 1. The van der Waals surface area contributed by atoms with Crippen LogP contribution in [0.15, 0.2) is 0 Å². The number of nitrogens with zero attached hydrogens (tertiary/aromatic N) is 2. The molecule has 0 aromatic heterocycles. The maximum atomic E-state index is 11.7. The third kappa shape index (κ3) is 2.99. The maximum absolute atomic E-state index is 11.7. The van der Waals surface area contributed by atoms with Crippen LogP contribution in [-0.4, -0.2) is 64.7 Å². The van der Waals surface area contributed by atoms with Crippen molar-refractivity contribution in [3.63, 3.8) is 0 Å². The molecule has 6 heteroatoms. The molecule has 6 nitrogen and oxygen atoms in total. The van der Waals surface area contributed by atoms with Crippen molar-refractivity contribution in [2.75, 3.05) is 26.2 Å². The number of urea groups is 1. The smallest absolute Gasteiger partial charge is 0.324 e. The topological polar surface area (TPSA) is 72.9 Å². The van der Waals surface area contributed by atoms with Crippen molar-refractivity contribution in [3.05, 3.63) is 0 Å². The number of rotatable bonds is 4. The summed E-state index contributed by atoms with van der Waals surface area (Å²) in [7, 11) is 0. The van der Waals surface area contributed by atoms with Crippen molar-refractivity contribution in [1.29, 1.82) is 0 Å². The summed E-state index contributed by atoms with van der Waals surface area (Å²) in [5.74, 6) is 0.178. The minimum Gasteiger partial charge on any atom is -0.390 e. The summed E-state index contributed by atoms with van der Waals surface area (Å²) in [5.41, 5.74) is -0.577. The van der Waals surface area contributed by atoms with Crippen LogP contribution in [-0.2, 0) is 4.79 Å². The third-order valence-corrected chi connectivity index (χ3v) is 5.67. The van der Waals surface area contributed by atoms with Gasteiger partial charge in [0.2, 0.25) is 5.91 Å². The summed E-state index contributed by atoms with van der Waals surface area (Å²) in [6.07, 6.45) is 6.52. The lowest BCUT2D eigenvalue weighted by atomic mass is 9.72. The summed E-state index contributed by atoms with van der Waals surface area (Å²) < 4.78 is 0. The molecule has 0 aromatic rings. The Morgan fingerprint density at radius 2 is 2.05 bits per heavy atom. The molecule has 0 unspecified atom stereocenters. The van der Waals surface area contributed by atoms with Gasteiger partial charge in [0.25, 0.3) is 0 Å². The molecule has 2 saturated heterocycles. The Labute approximate surface area is 131 Å². The second-order valence-corrected chi connectivity index (χ2v) is 7.16. The monoisotopic (exact) mass is 309 g/mol. The standard InChI is InChI=1S/C16H27N3O3/c1-16(22)7-3-2-5-12(16)13-6-4-8-18(13)9-10-19-14(20)11-17-15(19)21/h12-13,22H,2-11H2,1H3,(H,17,21)/t12-,13-,16-/m0/s1. The summed E-state index contributed by atoms with van der Waals surface area (Å²) in [4.78, 5) is 27.0. The molecule has 0 aromatic carbocycles. The highest BCUT2D eigenvalue weighted by Crippen LogP contribution is 2.40. The van der Waals surface area contributed by atoms with Crippen LogP contribution in [0.1, 0.15) is 45.4 Å². The van der Waals surface area contributed by atoms with E-state index in [1.807, 2.05) is 6.92 Å². The van der Waals surface area contributed by atoms with Gasteiger partial charge in [-0.3, -0.25) is 14.6 Å². The van der Waals surface area contributed by atoms with E-state index in [9.17, 15) is 14.7 Å². The third-order valence-electron chi connectivity index (χ3n) is 5.67. The number of amides is 3. The van der Waals surface area contributed by atoms with E-state index in [4.69, 9.17) is 0 Å². The lowest BCUT2D eigenvalue weighted by Gasteiger charge is -2.43. The van der Waals surface area contributed by atoms with E-state index in [-0.39, 0.29) is 18.5 Å². The van der Waals surface area contributed by atoms with E-state index in [1.165, 1.54) is 11.3 Å². The van der Waals surface area contributed by atoms with Gasteiger partial charge in [0.05, 0.1) is 12.1 Å². The summed E-state index contributed by atoms with van der Waals surface area (Å²) in [6.45, 7) is 4.28.